The van der Waals surface area contributed by atoms with Crippen molar-refractivity contribution in [1.29, 1.82) is 0 Å². The summed E-state index contributed by atoms with van der Waals surface area (Å²) in [5, 5.41) is 3.02. The van der Waals surface area contributed by atoms with E-state index in [9.17, 15) is 4.79 Å². The number of amides is 1. The Hall–Kier alpha value is -1.03. The molecule has 1 N–H and O–H groups in total. The Morgan fingerprint density at radius 1 is 1.33 bits per heavy atom. The Morgan fingerprint density at radius 2 is 2.05 bits per heavy atom. The Bertz CT molecular complexity index is 482. The molecule has 0 unspecified atom stereocenters. The minimum atomic E-state index is -0.0115. The third-order valence-corrected chi connectivity index (χ3v) is 5.01. The molecule has 1 aliphatic rings. The number of carbonyl (C=O) groups is 1. The highest BCUT2D eigenvalue weighted by atomic mass is 79.9. The first-order valence-corrected chi connectivity index (χ1v) is 8.51. The SMILES string of the molecule is COc1ccc(C(=O)NCCC2CCC(C)CC2)cc1Br. The largest absolute Gasteiger partial charge is 0.496 e. The summed E-state index contributed by atoms with van der Waals surface area (Å²) in [6.45, 7) is 3.10. The maximum absolute atomic E-state index is 12.1. The number of halogens is 1. The molecule has 1 aromatic rings. The highest BCUT2D eigenvalue weighted by Crippen LogP contribution is 2.30. The molecule has 0 spiro atoms. The fraction of sp³-hybridized carbons (Fsp3) is 0.588. The van der Waals surface area contributed by atoms with Gasteiger partial charge in [-0.1, -0.05) is 32.6 Å². The number of ether oxygens (including phenoxy) is 1. The van der Waals surface area contributed by atoms with E-state index in [0.717, 1.165) is 35.0 Å². The van der Waals surface area contributed by atoms with Gasteiger partial charge in [0.15, 0.2) is 0 Å². The molecular formula is C17H24BrNO2. The van der Waals surface area contributed by atoms with Crippen molar-refractivity contribution in [1.82, 2.24) is 5.32 Å². The Balaban J connectivity index is 1.78. The summed E-state index contributed by atoms with van der Waals surface area (Å²) in [4.78, 5) is 12.1. The zero-order chi connectivity index (χ0) is 15.2. The smallest absolute Gasteiger partial charge is 0.251 e. The van der Waals surface area contributed by atoms with Gasteiger partial charge in [0.05, 0.1) is 11.6 Å². The van der Waals surface area contributed by atoms with Crippen LogP contribution in [-0.4, -0.2) is 19.6 Å². The number of nitrogens with one attached hydrogen (secondary N) is 1. The second-order valence-corrected chi connectivity index (χ2v) is 6.87. The summed E-state index contributed by atoms with van der Waals surface area (Å²) in [5.41, 5.74) is 0.667. The highest BCUT2D eigenvalue weighted by Gasteiger charge is 2.18. The number of hydrogen-bond acceptors (Lipinski definition) is 2. The number of hydrogen-bond donors (Lipinski definition) is 1. The standard InChI is InChI=1S/C17H24BrNO2/c1-12-3-5-13(6-4-12)9-10-19-17(20)14-7-8-16(21-2)15(18)11-14/h7-8,11-13H,3-6,9-10H2,1-2H3,(H,19,20). The van der Waals surface area contributed by atoms with E-state index in [2.05, 4.69) is 28.2 Å². The molecule has 0 radical (unpaired) electrons. The van der Waals surface area contributed by atoms with Gasteiger partial charge in [-0.2, -0.15) is 0 Å². The molecule has 3 nitrogen and oxygen atoms in total. The minimum Gasteiger partial charge on any atom is -0.496 e. The van der Waals surface area contributed by atoms with Crippen molar-refractivity contribution in [2.45, 2.75) is 39.0 Å². The van der Waals surface area contributed by atoms with E-state index in [0.29, 0.717) is 5.56 Å². The maximum atomic E-state index is 12.1. The third-order valence-electron chi connectivity index (χ3n) is 4.39. The molecule has 4 heteroatoms. The lowest BCUT2D eigenvalue weighted by Crippen LogP contribution is -2.26. The van der Waals surface area contributed by atoms with Gasteiger partial charge in [0.25, 0.3) is 5.91 Å². The zero-order valence-corrected chi connectivity index (χ0v) is 14.4. The van der Waals surface area contributed by atoms with E-state index in [4.69, 9.17) is 4.74 Å². The number of methoxy groups -OCH3 is 1. The van der Waals surface area contributed by atoms with Crippen LogP contribution in [0.5, 0.6) is 5.75 Å². The van der Waals surface area contributed by atoms with Gasteiger partial charge in [0.1, 0.15) is 5.75 Å². The number of rotatable bonds is 5. The van der Waals surface area contributed by atoms with Gasteiger partial charge in [0.2, 0.25) is 0 Å². The van der Waals surface area contributed by atoms with Crippen molar-refractivity contribution in [2.75, 3.05) is 13.7 Å². The number of benzene rings is 1. The first kappa shape index (κ1) is 16.3. The molecule has 0 aliphatic heterocycles. The second kappa shape index (κ2) is 7.83. The van der Waals surface area contributed by atoms with E-state index >= 15 is 0 Å². The molecule has 1 saturated carbocycles. The lowest BCUT2D eigenvalue weighted by atomic mass is 9.81. The average Bonchev–Trinajstić information content (AvgIpc) is 2.49. The molecule has 1 fully saturated rings. The molecule has 0 bridgehead atoms. The van der Waals surface area contributed by atoms with Gasteiger partial charge < -0.3 is 10.1 Å². The van der Waals surface area contributed by atoms with E-state index in [1.807, 2.05) is 6.07 Å². The van der Waals surface area contributed by atoms with Crippen LogP contribution in [0.25, 0.3) is 0 Å². The summed E-state index contributed by atoms with van der Waals surface area (Å²) in [6.07, 6.45) is 6.39. The van der Waals surface area contributed by atoms with E-state index < -0.39 is 0 Å². The molecule has 1 aliphatic carbocycles. The molecule has 21 heavy (non-hydrogen) atoms. The molecule has 0 aromatic heterocycles. The Labute approximate surface area is 135 Å². The molecule has 0 heterocycles. The van der Waals surface area contributed by atoms with E-state index in [1.54, 1.807) is 19.2 Å². The Kier molecular flexibility index (Phi) is 6.09. The molecule has 2 rings (SSSR count). The van der Waals surface area contributed by atoms with Crippen LogP contribution in [0.3, 0.4) is 0 Å². The van der Waals surface area contributed by atoms with Crippen LogP contribution in [0.1, 0.15) is 49.4 Å². The number of carbonyl (C=O) groups excluding carboxylic acids is 1. The predicted octanol–water partition coefficient (Wildman–Crippen LogP) is 4.40. The molecular weight excluding hydrogens is 330 g/mol. The molecule has 0 atom stereocenters. The molecule has 1 amide bonds. The normalized spacial score (nSPS) is 21.9. The van der Waals surface area contributed by atoms with Crippen LogP contribution in [-0.2, 0) is 0 Å². The van der Waals surface area contributed by atoms with Crippen LogP contribution in [0.15, 0.2) is 22.7 Å². The van der Waals surface area contributed by atoms with Gasteiger partial charge >= 0.3 is 0 Å². The monoisotopic (exact) mass is 353 g/mol. The minimum absolute atomic E-state index is 0.0115. The predicted molar refractivity (Wildman–Crippen MR) is 88.8 cm³/mol. The van der Waals surface area contributed by atoms with Gasteiger partial charge in [-0.05, 0) is 52.4 Å². The van der Waals surface area contributed by atoms with Crippen LogP contribution in [0, 0.1) is 11.8 Å². The van der Waals surface area contributed by atoms with Crippen molar-refractivity contribution in [3.05, 3.63) is 28.2 Å². The van der Waals surface area contributed by atoms with Crippen LogP contribution in [0.2, 0.25) is 0 Å². The maximum Gasteiger partial charge on any atom is 0.251 e. The summed E-state index contributed by atoms with van der Waals surface area (Å²) in [6, 6.07) is 5.40. The van der Waals surface area contributed by atoms with Crippen LogP contribution >= 0.6 is 15.9 Å². The van der Waals surface area contributed by atoms with Crippen molar-refractivity contribution in [2.24, 2.45) is 11.8 Å². The van der Waals surface area contributed by atoms with Gasteiger partial charge in [0, 0.05) is 12.1 Å². The average molecular weight is 354 g/mol. The van der Waals surface area contributed by atoms with E-state index in [1.165, 1.54) is 25.7 Å². The zero-order valence-electron chi connectivity index (χ0n) is 12.8. The molecule has 0 saturated heterocycles. The highest BCUT2D eigenvalue weighted by molar-refractivity contribution is 9.10. The summed E-state index contributed by atoms with van der Waals surface area (Å²) in [5.74, 6) is 2.39. The summed E-state index contributed by atoms with van der Waals surface area (Å²) >= 11 is 3.41. The Morgan fingerprint density at radius 3 is 2.67 bits per heavy atom. The fourth-order valence-electron chi connectivity index (χ4n) is 2.92. The van der Waals surface area contributed by atoms with Crippen molar-refractivity contribution in [3.63, 3.8) is 0 Å². The van der Waals surface area contributed by atoms with Crippen LogP contribution < -0.4 is 10.1 Å². The van der Waals surface area contributed by atoms with Crippen molar-refractivity contribution >= 4 is 21.8 Å². The summed E-state index contributed by atoms with van der Waals surface area (Å²) < 4.78 is 5.97. The lowest BCUT2D eigenvalue weighted by Gasteiger charge is -2.26. The van der Waals surface area contributed by atoms with Crippen LogP contribution in [0.4, 0.5) is 0 Å². The topological polar surface area (TPSA) is 38.3 Å². The lowest BCUT2D eigenvalue weighted by molar-refractivity contribution is 0.0949. The van der Waals surface area contributed by atoms with E-state index in [-0.39, 0.29) is 5.91 Å². The molecule has 1 aromatic carbocycles. The van der Waals surface area contributed by atoms with Gasteiger partial charge in [-0.15, -0.1) is 0 Å². The molecule has 116 valence electrons. The van der Waals surface area contributed by atoms with Crippen molar-refractivity contribution in [3.8, 4) is 5.75 Å². The quantitative estimate of drug-likeness (QED) is 0.851. The second-order valence-electron chi connectivity index (χ2n) is 6.02. The van der Waals surface area contributed by atoms with Gasteiger partial charge in [-0.3, -0.25) is 4.79 Å². The van der Waals surface area contributed by atoms with Gasteiger partial charge in [-0.25, -0.2) is 0 Å². The first-order chi connectivity index (χ1) is 10.1. The first-order valence-electron chi connectivity index (χ1n) is 7.72. The summed E-state index contributed by atoms with van der Waals surface area (Å²) in [7, 11) is 1.62. The fourth-order valence-corrected chi connectivity index (χ4v) is 3.46. The third kappa shape index (κ3) is 4.73. The van der Waals surface area contributed by atoms with Crippen molar-refractivity contribution < 1.29 is 9.53 Å².